The number of rotatable bonds is 5. The minimum atomic E-state index is -0.171. The molecule has 1 atom stereocenters. The highest BCUT2D eigenvalue weighted by Crippen LogP contribution is 1.99. The van der Waals surface area contributed by atoms with Gasteiger partial charge in [0.1, 0.15) is 6.61 Å². The molecule has 0 aliphatic rings. The van der Waals surface area contributed by atoms with Gasteiger partial charge < -0.3 is 10.1 Å². The fraction of sp³-hybridized carbons (Fsp3) is 0.857. The van der Waals surface area contributed by atoms with E-state index in [2.05, 4.69) is 17.9 Å². The van der Waals surface area contributed by atoms with Crippen LogP contribution >= 0.6 is 12.6 Å². The van der Waals surface area contributed by atoms with Crippen LogP contribution in [0.5, 0.6) is 0 Å². The van der Waals surface area contributed by atoms with E-state index in [9.17, 15) is 4.79 Å². The third-order valence-corrected chi connectivity index (χ3v) is 1.82. The zero-order valence-electron chi connectivity index (χ0n) is 6.96. The fourth-order valence-corrected chi connectivity index (χ4v) is 0.620. The molecule has 0 rings (SSSR count). The van der Waals surface area contributed by atoms with Crippen LogP contribution in [0, 0.1) is 5.92 Å². The summed E-state index contributed by atoms with van der Waals surface area (Å²) in [6, 6.07) is 0. The maximum absolute atomic E-state index is 11.0. The number of hydrogen-bond donors (Lipinski definition) is 2. The largest absolute Gasteiger partial charge is 0.464 e. The van der Waals surface area contributed by atoms with Crippen molar-refractivity contribution in [3.63, 3.8) is 0 Å². The average molecular weight is 177 g/mol. The number of ether oxygens (including phenoxy) is 1. The number of likely N-dealkylation sites (N-methyl/N-ethyl adjacent to an activating group) is 1. The molecule has 0 aromatic carbocycles. The van der Waals surface area contributed by atoms with Crippen molar-refractivity contribution in [2.24, 2.45) is 5.92 Å². The van der Waals surface area contributed by atoms with Gasteiger partial charge in [-0.15, -0.1) is 0 Å². The first kappa shape index (κ1) is 10.8. The molecule has 1 N–H and O–H groups in total. The Balaban J connectivity index is 3.36. The minimum absolute atomic E-state index is 0.102. The molecule has 0 aliphatic heterocycles. The second-order valence-electron chi connectivity index (χ2n) is 2.35. The van der Waals surface area contributed by atoms with E-state index in [1.165, 1.54) is 0 Å². The molecule has 0 saturated carbocycles. The molecule has 0 heterocycles. The maximum Gasteiger partial charge on any atom is 0.309 e. The van der Waals surface area contributed by atoms with E-state index in [4.69, 9.17) is 4.74 Å². The number of carbonyl (C=O) groups excluding carboxylic acids is 1. The summed E-state index contributed by atoms with van der Waals surface area (Å²) in [7, 11) is 1.82. The molecule has 3 nitrogen and oxygen atoms in total. The van der Waals surface area contributed by atoms with Crippen molar-refractivity contribution in [2.75, 3.05) is 26.0 Å². The molecule has 0 aromatic heterocycles. The summed E-state index contributed by atoms with van der Waals surface area (Å²) in [6.07, 6.45) is 0. The Hall–Kier alpha value is -0.220. The Labute approximate surface area is 72.9 Å². The van der Waals surface area contributed by atoms with Gasteiger partial charge in [-0.1, -0.05) is 6.92 Å². The normalized spacial score (nSPS) is 12.6. The van der Waals surface area contributed by atoms with Gasteiger partial charge in [-0.25, -0.2) is 0 Å². The predicted octanol–water partition coefficient (Wildman–Crippen LogP) is 0.315. The molecule has 0 aliphatic carbocycles. The van der Waals surface area contributed by atoms with E-state index < -0.39 is 0 Å². The molecule has 0 saturated heterocycles. The molecule has 0 spiro atoms. The zero-order valence-corrected chi connectivity index (χ0v) is 7.86. The van der Waals surface area contributed by atoms with E-state index in [0.717, 1.165) is 0 Å². The van der Waals surface area contributed by atoms with Crippen LogP contribution in [0.25, 0.3) is 0 Å². The molecular weight excluding hydrogens is 162 g/mol. The number of thiol groups is 1. The summed E-state index contributed by atoms with van der Waals surface area (Å²) < 4.78 is 4.88. The van der Waals surface area contributed by atoms with Gasteiger partial charge in [0.2, 0.25) is 0 Å². The Kier molecular flexibility index (Phi) is 6.36. The van der Waals surface area contributed by atoms with Crippen molar-refractivity contribution in [2.45, 2.75) is 6.92 Å². The SMILES string of the molecule is CNCCOC(=O)C(C)CS. The molecule has 4 heteroatoms. The summed E-state index contributed by atoms with van der Waals surface area (Å²) in [6.45, 7) is 2.94. The van der Waals surface area contributed by atoms with Gasteiger partial charge in [-0.3, -0.25) is 4.79 Å². The second kappa shape index (κ2) is 6.49. The quantitative estimate of drug-likeness (QED) is 0.361. The van der Waals surface area contributed by atoms with E-state index in [0.29, 0.717) is 18.9 Å². The van der Waals surface area contributed by atoms with Crippen LogP contribution in [0.1, 0.15) is 6.92 Å². The van der Waals surface area contributed by atoms with Gasteiger partial charge in [0.25, 0.3) is 0 Å². The van der Waals surface area contributed by atoms with E-state index >= 15 is 0 Å². The Bertz CT molecular complexity index is 119. The van der Waals surface area contributed by atoms with Crippen molar-refractivity contribution in [1.82, 2.24) is 5.32 Å². The standard InChI is InChI=1S/C7H15NO2S/c1-6(5-11)7(9)10-4-3-8-2/h6,8,11H,3-5H2,1-2H3. The zero-order chi connectivity index (χ0) is 8.69. The van der Waals surface area contributed by atoms with Crippen LogP contribution in [0.2, 0.25) is 0 Å². The maximum atomic E-state index is 11.0. The van der Waals surface area contributed by atoms with Crippen LogP contribution in [-0.4, -0.2) is 31.9 Å². The molecule has 66 valence electrons. The van der Waals surface area contributed by atoms with Gasteiger partial charge >= 0.3 is 5.97 Å². The van der Waals surface area contributed by atoms with Gasteiger partial charge in [-0.05, 0) is 7.05 Å². The summed E-state index contributed by atoms with van der Waals surface area (Å²) in [4.78, 5) is 11.0. The predicted molar refractivity (Wildman–Crippen MR) is 47.9 cm³/mol. The van der Waals surface area contributed by atoms with Crippen molar-refractivity contribution in [1.29, 1.82) is 0 Å². The highest BCUT2D eigenvalue weighted by Gasteiger charge is 2.11. The van der Waals surface area contributed by atoms with Gasteiger partial charge in [-0.2, -0.15) is 12.6 Å². The second-order valence-corrected chi connectivity index (χ2v) is 2.72. The van der Waals surface area contributed by atoms with Gasteiger partial charge in [0, 0.05) is 12.3 Å². The minimum Gasteiger partial charge on any atom is -0.464 e. The lowest BCUT2D eigenvalue weighted by molar-refractivity contribution is -0.146. The highest BCUT2D eigenvalue weighted by molar-refractivity contribution is 7.80. The molecule has 0 bridgehead atoms. The van der Waals surface area contributed by atoms with Crippen molar-refractivity contribution in [3.8, 4) is 0 Å². The topological polar surface area (TPSA) is 38.3 Å². The van der Waals surface area contributed by atoms with E-state index in [-0.39, 0.29) is 11.9 Å². The fourth-order valence-electron chi connectivity index (χ4n) is 0.470. The van der Waals surface area contributed by atoms with Crippen LogP contribution < -0.4 is 5.32 Å². The third kappa shape index (κ3) is 5.09. The van der Waals surface area contributed by atoms with Crippen LogP contribution in [0.15, 0.2) is 0 Å². The summed E-state index contributed by atoms with van der Waals surface area (Å²) in [5.41, 5.74) is 0. The number of hydrogen-bond acceptors (Lipinski definition) is 4. The van der Waals surface area contributed by atoms with Gasteiger partial charge in [0.05, 0.1) is 5.92 Å². The summed E-state index contributed by atoms with van der Waals surface area (Å²) in [5.74, 6) is 0.267. The molecule has 0 radical (unpaired) electrons. The van der Waals surface area contributed by atoms with Crippen molar-refractivity contribution in [3.05, 3.63) is 0 Å². The molecule has 1 unspecified atom stereocenters. The Morgan fingerprint density at radius 2 is 2.36 bits per heavy atom. The van der Waals surface area contributed by atoms with Crippen LogP contribution in [0.4, 0.5) is 0 Å². The lowest BCUT2D eigenvalue weighted by atomic mass is 10.2. The lowest BCUT2D eigenvalue weighted by Crippen LogP contribution is -2.21. The van der Waals surface area contributed by atoms with Crippen LogP contribution in [0.3, 0.4) is 0 Å². The summed E-state index contributed by atoms with van der Waals surface area (Å²) >= 11 is 3.98. The molecular formula is C7H15NO2S. The molecule has 0 fully saturated rings. The third-order valence-electron chi connectivity index (χ3n) is 1.27. The van der Waals surface area contributed by atoms with E-state index in [1.54, 1.807) is 6.92 Å². The molecule has 0 aromatic rings. The Morgan fingerprint density at radius 3 is 2.82 bits per heavy atom. The number of nitrogens with one attached hydrogen (secondary N) is 1. The number of carbonyl (C=O) groups is 1. The molecule has 0 amide bonds. The first-order valence-electron chi connectivity index (χ1n) is 3.64. The lowest BCUT2D eigenvalue weighted by Gasteiger charge is -2.07. The average Bonchev–Trinajstić information content (AvgIpc) is 2.03. The smallest absolute Gasteiger partial charge is 0.309 e. The van der Waals surface area contributed by atoms with Crippen molar-refractivity contribution < 1.29 is 9.53 Å². The number of esters is 1. The van der Waals surface area contributed by atoms with Crippen molar-refractivity contribution >= 4 is 18.6 Å². The first-order chi connectivity index (χ1) is 5.22. The first-order valence-corrected chi connectivity index (χ1v) is 4.27. The highest BCUT2D eigenvalue weighted by atomic mass is 32.1. The monoisotopic (exact) mass is 177 g/mol. The summed E-state index contributed by atoms with van der Waals surface area (Å²) in [5, 5.41) is 2.88. The molecule has 11 heavy (non-hydrogen) atoms. The van der Waals surface area contributed by atoms with Gasteiger partial charge in [0.15, 0.2) is 0 Å². The Morgan fingerprint density at radius 1 is 1.73 bits per heavy atom. The van der Waals surface area contributed by atoms with Crippen LogP contribution in [-0.2, 0) is 9.53 Å². The van der Waals surface area contributed by atoms with E-state index in [1.807, 2.05) is 7.05 Å².